The molecule has 7 heteroatoms. The normalized spacial score (nSPS) is 17.8. The summed E-state index contributed by atoms with van der Waals surface area (Å²) < 4.78 is 0. The first-order valence-corrected chi connectivity index (χ1v) is 8.02. The largest absolute Gasteiger partial charge is 0.356 e. The van der Waals surface area contributed by atoms with Crippen molar-refractivity contribution in [1.29, 1.82) is 0 Å². The smallest absolute Gasteiger partial charge is 0.317 e. The second-order valence-electron chi connectivity index (χ2n) is 6.23. The highest BCUT2D eigenvalue weighted by atomic mass is 35.5. The quantitative estimate of drug-likeness (QED) is 0.614. The third-order valence-electron chi connectivity index (χ3n) is 3.64. The van der Waals surface area contributed by atoms with E-state index in [0.717, 1.165) is 25.8 Å². The van der Waals surface area contributed by atoms with Gasteiger partial charge in [0.1, 0.15) is 0 Å². The van der Waals surface area contributed by atoms with E-state index < -0.39 is 0 Å². The molecule has 1 heterocycles. The molecule has 1 aliphatic rings. The fraction of sp³-hybridized carbons (Fsp3) is 0.867. The van der Waals surface area contributed by atoms with E-state index in [1.165, 1.54) is 0 Å². The van der Waals surface area contributed by atoms with Gasteiger partial charge in [0, 0.05) is 32.6 Å². The van der Waals surface area contributed by atoms with Crippen LogP contribution in [0.4, 0.5) is 4.79 Å². The molecule has 4 N–H and O–H groups in total. The molecule has 0 aliphatic carbocycles. The molecule has 0 radical (unpaired) electrons. The predicted octanol–water partition coefficient (Wildman–Crippen LogP) is 1.34. The SMILES string of the molecule is CC(C)CNC(=O)N1CCCC(CC(=O)NCCCN)C1.Cl. The molecule has 3 amide bonds. The summed E-state index contributed by atoms with van der Waals surface area (Å²) in [6.07, 6.45) is 3.28. The number of nitrogens with one attached hydrogen (secondary N) is 2. The van der Waals surface area contributed by atoms with E-state index in [-0.39, 0.29) is 30.3 Å². The first-order valence-electron chi connectivity index (χ1n) is 8.02. The summed E-state index contributed by atoms with van der Waals surface area (Å²) in [6.45, 7) is 7.53. The van der Waals surface area contributed by atoms with Gasteiger partial charge in [-0.1, -0.05) is 13.8 Å². The maximum absolute atomic E-state index is 12.0. The van der Waals surface area contributed by atoms with Crippen LogP contribution >= 0.6 is 12.4 Å². The molecular formula is C15H31ClN4O2. The van der Waals surface area contributed by atoms with Crippen molar-refractivity contribution in [3.8, 4) is 0 Å². The Bertz CT molecular complexity index is 340. The number of piperidine rings is 1. The minimum atomic E-state index is -0.00283. The summed E-state index contributed by atoms with van der Waals surface area (Å²) in [5.74, 6) is 0.780. The molecule has 0 aromatic carbocycles. The van der Waals surface area contributed by atoms with Crippen LogP contribution in [0.3, 0.4) is 0 Å². The Morgan fingerprint density at radius 3 is 2.68 bits per heavy atom. The summed E-state index contributed by atoms with van der Waals surface area (Å²) in [4.78, 5) is 25.7. The van der Waals surface area contributed by atoms with Crippen molar-refractivity contribution >= 4 is 24.3 Å². The molecule has 0 aromatic heterocycles. The molecule has 22 heavy (non-hydrogen) atoms. The molecule has 6 nitrogen and oxygen atoms in total. The molecule has 0 spiro atoms. The summed E-state index contributed by atoms with van der Waals surface area (Å²) in [6, 6.07) is -0.00283. The molecule has 1 aliphatic heterocycles. The second-order valence-corrected chi connectivity index (χ2v) is 6.23. The summed E-state index contributed by atoms with van der Waals surface area (Å²) in [5, 5.41) is 5.82. The van der Waals surface area contributed by atoms with Crippen LogP contribution in [0.2, 0.25) is 0 Å². The summed E-state index contributed by atoms with van der Waals surface area (Å²) in [5.41, 5.74) is 5.40. The Morgan fingerprint density at radius 1 is 1.32 bits per heavy atom. The number of carbonyl (C=O) groups is 2. The minimum Gasteiger partial charge on any atom is -0.356 e. The highest BCUT2D eigenvalue weighted by molar-refractivity contribution is 5.85. The van der Waals surface area contributed by atoms with Crippen LogP contribution in [0.1, 0.15) is 39.5 Å². The van der Waals surface area contributed by atoms with E-state index in [0.29, 0.717) is 38.5 Å². The second kappa shape index (κ2) is 11.5. The van der Waals surface area contributed by atoms with Crippen molar-refractivity contribution in [2.75, 3.05) is 32.7 Å². The van der Waals surface area contributed by atoms with Gasteiger partial charge in [0.15, 0.2) is 0 Å². The molecule has 1 rings (SSSR count). The van der Waals surface area contributed by atoms with Crippen LogP contribution in [-0.2, 0) is 4.79 Å². The van der Waals surface area contributed by atoms with Crippen molar-refractivity contribution in [1.82, 2.24) is 15.5 Å². The number of likely N-dealkylation sites (tertiary alicyclic amines) is 1. The Hall–Kier alpha value is -1.01. The molecule has 0 aromatic rings. The molecule has 130 valence electrons. The Kier molecular flexibility index (Phi) is 11.0. The average molecular weight is 335 g/mol. The van der Waals surface area contributed by atoms with Crippen LogP contribution in [0.5, 0.6) is 0 Å². The molecule has 1 unspecified atom stereocenters. The van der Waals surface area contributed by atoms with Gasteiger partial charge in [-0.05, 0) is 37.6 Å². The zero-order chi connectivity index (χ0) is 15.7. The number of hydrogen-bond acceptors (Lipinski definition) is 3. The zero-order valence-corrected chi connectivity index (χ0v) is 14.6. The fourth-order valence-corrected chi connectivity index (χ4v) is 2.48. The predicted molar refractivity (Wildman–Crippen MR) is 91.1 cm³/mol. The van der Waals surface area contributed by atoms with Crippen molar-refractivity contribution in [3.05, 3.63) is 0 Å². The Balaban J connectivity index is 0.00000441. The van der Waals surface area contributed by atoms with E-state index in [9.17, 15) is 9.59 Å². The van der Waals surface area contributed by atoms with E-state index >= 15 is 0 Å². The van der Waals surface area contributed by atoms with Gasteiger partial charge in [-0.25, -0.2) is 4.79 Å². The van der Waals surface area contributed by atoms with Gasteiger partial charge >= 0.3 is 6.03 Å². The first-order chi connectivity index (χ1) is 10.0. The van der Waals surface area contributed by atoms with Crippen molar-refractivity contribution in [2.45, 2.75) is 39.5 Å². The topological polar surface area (TPSA) is 87.5 Å². The number of nitrogens with two attached hydrogens (primary N) is 1. The molecule has 1 fully saturated rings. The van der Waals surface area contributed by atoms with Crippen LogP contribution in [0, 0.1) is 11.8 Å². The van der Waals surface area contributed by atoms with Gasteiger partial charge in [-0.15, -0.1) is 12.4 Å². The third-order valence-corrected chi connectivity index (χ3v) is 3.64. The van der Waals surface area contributed by atoms with Gasteiger partial charge in [0.05, 0.1) is 0 Å². The minimum absolute atomic E-state index is 0. The van der Waals surface area contributed by atoms with Crippen LogP contribution in [0.15, 0.2) is 0 Å². The summed E-state index contributed by atoms with van der Waals surface area (Å²) >= 11 is 0. The monoisotopic (exact) mass is 334 g/mol. The third kappa shape index (κ3) is 8.44. The van der Waals surface area contributed by atoms with Crippen LogP contribution < -0.4 is 16.4 Å². The van der Waals surface area contributed by atoms with Crippen molar-refractivity contribution in [3.63, 3.8) is 0 Å². The van der Waals surface area contributed by atoms with Crippen LogP contribution in [-0.4, -0.2) is 49.6 Å². The van der Waals surface area contributed by atoms with Gasteiger partial charge in [0.25, 0.3) is 0 Å². The molecule has 0 bridgehead atoms. The molecule has 1 atom stereocenters. The number of amides is 3. The number of carbonyl (C=O) groups excluding carboxylic acids is 2. The number of hydrogen-bond donors (Lipinski definition) is 3. The molecular weight excluding hydrogens is 304 g/mol. The zero-order valence-electron chi connectivity index (χ0n) is 13.8. The van der Waals surface area contributed by atoms with E-state index in [4.69, 9.17) is 5.73 Å². The van der Waals surface area contributed by atoms with E-state index in [1.807, 2.05) is 4.90 Å². The lowest BCUT2D eigenvalue weighted by molar-refractivity contribution is -0.122. The number of rotatable bonds is 7. The Morgan fingerprint density at radius 2 is 2.05 bits per heavy atom. The maximum Gasteiger partial charge on any atom is 0.317 e. The fourth-order valence-electron chi connectivity index (χ4n) is 2.48. The lowest BCUT2D eigenvalue weighted by Gasteiger charge is -2.32. The van der Waals surface area contributed by atoms with Crippen LogP contribution in [0.25, 0.3) is 0 Å². The summed E-state index contributed by atoms with van der Waals surface area (Å²) in [7, 11) is 0. The highest BCUT2D eigenvalue weighted by Gasteiger charge is 2.25. The standard InChI is InChI=1S/C15H30N4O2.ClH/c1-12(2)10-18-15(21)19-8-3-5-13(11-19)9-14(20)17-7-4-6-16;/h12-13H,3-11,16H2,1-2H3,(H,17,20)(H,18,21);1H. The van der Waals surface area contributed by atoms with Gasteiger partial charge in [-0.2, -0.15) is 0 Å². The Labute approximate surface area is 140 Å². The van der Waals surface area contributed by atoms with Gasteiger partial charge in [-0.3, -0.25) is 4.79 Å². The average Bonchev–Trinajstić information content (AvgIpc) is 2.45. The van der Waals surface area contributed by atoms with E-state index in [2.05, 4.69) is 24.5 Å². The number of urea groups is 1. The lowest BCUT2D eigenvalue weighted by Crippen LogP contribution is -2.47. The maximum atomic E-state index is 12.0. The van der Waals surface area contributed by atoms with Crippen molar-refractivity contribution < 1.29 is 9.59 Å². The molecule has 0 saturated carbocycles. The van der Waals surface area contributed by atoms with Gasteiger partial charge in [0.2, 0.25) is 5.91 Å². The first kappa shape index (κ1) is 21.0. The lowest BCUT2D eigenvalue weighted by atomic mass is 9.94. The van der Waals surface area contributed by atoms with E-state index in [1.54, 1.807) is 0 Å². The van der Waals surface area contributed by atoms with Crippen molar-refractivity contribution in [2.24, 2.45) is 17.6 Å². The molecule has 1 saturated heterocycles. The number of nitrogens with zero attached hydrogens (tertiary/aromatic N) is 1. The van der Waals surface area contributed by atoms with Gasteiger partial charge < -0.3 is 21.3 Å². The highest BCUT2D eigenvalue weighted by Crippen LogP contribution is 2.19. The number of halogens is 1.